The molecule has 1 aromatic carbocycles. The smallest absolute Gasteiger partial charge is 0.239 e. The van der Waals surface area contributed by atoms with Gasteiger partial charge < -0.3 is 20.7 Å². The topological polar surface area (TPSA) is 74.8 Å². The molecule has 0 aliphatic heterocycles. The Hall–Kier alpha value is -2.24. The van der Waals surface area contributed by atoms with E-state index in [1.807, 2.05) is 52.0 Å². The Morgan fingerprint density at radius 3 is 2.56 bits per heavy atom. The van der Waals surface area contributed by atoms with Crippen molar-refractivity contribution in [3.63, 3.8) is 0 Å². The SMILES string of the molecule is CCNC(=NCc1ccccc1OC1CCCC1)NCC(=O)NC(C)(C)C. The minimum absolute atomic E-state index is 0.0573. The van der Waals surface area contributed by atoms with Gasteiger partial charge in [-0.25, -0.2) is 4.99 Å². The predicted molar refractivity (Wildman–Crippen MR) is 110 cm³/mol. The highest BCUT2D eigenvalue weighted by Gasteiger charge is 2.18. The van der Waals surface area contributed by atoms with E-state index in [0.717, 1.165) is 30.7 Å². The van der Waals surface area contributed by atoms with Crippen LogP contribution in [0, 0.1) is 0 Å². The number of ether oxygens (including phenoxy) is 1. The molecule has 0 bridgehead atoms. The molecule has 3 N–H and O–H groups in total. The molecule has 0 radical (unpaired) electrons. The van der Waals surface area contributed by atoms with Crippen LogP contribution in [0.25, 0.3) is 0 Å². The molecule has 1 aliphatic carbocycles. The maximum Gasteiger partial charge on any atom is 0.239 e. The summed E-state index contributed by atoms with van der Waals surface area (Å²) in [5.41, 5.74) is 0.811. The van der Waals surface area contributed by atoms with Gasteiger partial charge in [-0.2, -0.15) is 0 Å². The number of carbonyl (C=O) groups is 1. The van der Waals surface area contributed by atoms with Crippen LogP contribution in [0.3, 0.4) is 0 Å². The number of amides is 1. The Bertz CT molecular complexity index is 631. The maximum atomic E-state index is 12.0. The molecule has 150 valence electrons. The number of guanidine groups is 1. The lowest BCUT2D eigenvalue weighted by Gasteiger charge is -2.21. The largest absolute Gasteiger partial charge is 0.490 e. The summed E-state index contributed by atoms with van der Waals surface area (Å²) in [6.07, 6.45) is 5.07. The quantitative estimate of drug-likeness (QED) is 0.507. The Morgan fingerprint density at radius 1 is 1.19 bits per heavy atom. The summed E-state index contributed by atoms with van der Waals surface area (Å²) < 4.78 is 6.18. The first kappa shape index (κ1) is 21.1. The fourth-order valence-electron chi connectivity index (χ4n) is 3.07. The van der Waals surface area contributed by atoms with Crippen molar-refractivity contribution in [3.05, 3.63) is 29.8 Å². The van der Waals surface area contributed by atoms with Crippen molar-refractivity contribution in [2.75, 3.05) is 13.1 Å². The van der Waals surface area contributed by atoms with Gasteiger partial charge in [-0.1, -0.05) is 18.2 Å². The zero-order chi connectivity index (χ0) is 19.7. The zero-order valence-corrected chi connectivity index (χ0v) is 17.1. The van der Waals surface area contributed by atoms with Crippen molar-refractivity contribution >= 4 is 11.9 Å². The van der Waals surface area contributed by atoms with Crippen LogP contribution in [0.5, 0.6) is 5.75 Å². The first-order valence-electron chi connectivity index (χ1n) is 9.95. The molecule has 0 spiro atoms. The second kappa shape index (κ2) is 10.2. The van der Waals surface area contributed by atoms with Crippen molar-refractivity contribution < 1.29 is 9.53 Å². The van der Waals surface area contributed by atoms with E-state index in [-0.39, 0.29) is 18.0 Å². The third-order valence-electron chi connectivity index (χ3n) is 4.25. The monoisotopic (exact) mass is 374 g/mol. The van der Waals surface area contributed by atoms with E-state index in [2.05, 4.69) is 20.9 Å². The molecule has 6 heteroatoms. The van der Waals surface area contributed by atoms with Crippen molar-refractivity contribution in [1.82, 2.24) is 16.0 Å². The van der Waals surface area contributed by atoms with E-state index < -0.39 is 0 Å². The minimum Gasteiger partial charge on any atom is -0.490 e. The zero-order valence-electron chi connectivity index (χ0n) is 17.1. The summed E-state index contributed by atoms with van der Waals surface area (Å²) in [7, 11) is 0. The molecule has 6 nitrogen and oxygen atoms in total. The number of nitrogens with zero attached hydrogens (tertiary/aromatic N) is 1. The predicted octanol–water partition coefficient (Wildman–Crippen LogP) is 2.98. The van der Waals surface area contributed by atoms with Crippen LogP contribution in [0.2, 0.25) is 0 Å². The van der Waals surface area contributed by atoms with E-state index in [9.17, 15) is 4.79 Å². The first-order chi connectivity index (χ1) is 12.9. The average molecular weight is 375 g/mol. The molecule has 1 aromatic rings. The van der Waals surface area contributed by atoms with Gasteiger partial charge in [0.2, 0.25) is 5.91 Å². The summed E-state index contributed by atoms with van der Waals surface area (Å²) in [6.45, 7) is 9.31. The van der Waals surface area contributed by atoms with Crippen LogP contribution < -0.4 is 20.7 Å². The van der Waals surface area contributed by atoms with Crippen LogP contribution in [-0.2, 0) is 11.3 Å². The Labute approximate surface area is 163 Å². The molecule has 1 amide bonds. The van der Waals surface area contributed by atoms with Gasteiger partial charge in [0, 0.05) is 17.6 Å². The van der Waals surface area contributed by atoms with E-state index in [1.54, 1.807) is 0 Å². The molecule has 0 heterocycles. The number of hydrogen-bond acceptors (Lipinski definition) is 3. The molecule has 1 fully saturated rings. The number of nitrogens with one attached hydrogen (secondary N) is 3. The van der Waals surface area contributed by atoms with Crippen LogP contribution in [0.1, 0.15) is 58.9 Å². The van der Waals surface area contributed by atoms with Gasteiger partial charge in [-0.05, 0) is 59.4 Å². The molecule has 0 aromatic heterocycles. The number of hydrogen-bond donors (Lipinski definition) is 3. The molecular weight excluding hydrogens is 340 g/mol. The Balaban J connectivity index is 1.96. The Kier molecular flexibility index (Phi) is 7.95. The summed E-state index contributed by atoms with van der Waals surface area (Å²) in [5.74, 6) is 1.48. The van der Waals surface area contributed by atoms with Crippen molar-refractivity contribution in [2.24, 2.45) is 4.99 Å². The molecule has 1 aliphatic rings. The fraction of sp³-hybridized carbons (Fsp3) is 0.619. The molecule has 27 heavy (non-hydrogen) atoms. The number of carbonyl (C=O) groups excluding carboxylic acids is 1. The molecule has 1 saturated carbocycles. The van der Waals surface area contributed by atoms with Gasteiger partial charge in [0.25, 0.3) is 0 Å². The molecule has 0 saturated heterocycles. The second-order valence-electron chi connectivity index (χ2n) is 7.98. The van der Waals surface area contributed by atoms with Gasteiger partial charge in [0.1, 0.15) is 5.75 Å². The second-order valence-corrected chi connectivity index (χ2v) is 7.98. The molecule has 0 atom stereocenters. The van der Waals surface area contributed by atoms with Crippen LogP contribution in [0.4, 0.5) is 0 Å². The highest BCUT2D eigenvalue weighted by atomic mass is 16.5. The Morgan fingerprint density at radius 2 is 1.89 bits per heavy atom. The van der Waals surface area contributed by atoms with E-state index in [0.29, 0.717) is 18.6 Å². The summed E-state index contributed by atoms with van der Waals surface area (Å²) in [5, 5.41) is 9.21. The lowest BCUT2D eigenvalue weighted by atomic mass is 10.1. The summed E-state index contributed by atoms with van der Waals surface area (Å²) in [4.78, 5) is 16.6. The lowest BCUT2D eigenvalue weighted by molar-refractivity contribution is -0.121. The third-order valence-corrected chi connectivity index (χ3v) is 4.25. The van der Waals surface area contributed by atoms with E-state index in [1.165, 1.54) is 12.8 Å². The fourth-order valence-corrected chi connectivity index (χ4v) is 3.07. The van der Waals surface area contributed by atoms with Crippen LogP contribution in [-0.4, -0.2) is 36.6 Å². The standard InChI is InChI=1S/C21H34N4O2/c1-5-22-20(24-15-19(26)25-21(2,3)4)23-14-16-10-6-9-13-18(16)27-17-11-7-8-12-17/h6,9-10,13,17H,5,7-8,11-12,14-15H2,1-4H3,(H,25,26)(H2,22,23,24). The van der Waals surface area contributed by atoms with Gasteiger partial charge >= 0.3 is 0 Å². The highest BCUT2D eigenvalue weighted by molar-refractivity contribution is 5.86. The average Bonchev–Trinajstić information content (AvgIpc) is 3.10. The van der Waals surface area contributed by atoms with Gasteiger partial charge in [0.05, 0.1) is 19.2 Å². The van der Waals surface area contributed by atoms with Crippen LogP contribution >= 0.6 is 0 Å². The minimum atomic E-state index is -0.245. The summed E-state index contributed by atoms with van der Waals surface area (Å²) >= 11 is 0. The van der Waals surface area contributed by atoms with Crippen molar-refractivity contribution in [1.29, 1.82) is 0 Å². The summed E-state index contributed by atoms with van der Waals surface area (Å²) in [6, 6.07) is 8.06. The number of rotatable bonds is 7. The van der Waals surface area contributed by atoms with Gasteiger partial charge in [0.15, 0.2) is 5.96 Å². The normalized spacial score (nSPS) is 15.5. The number of aliphatic imine (C=N–C) groups is 1. The van der Waals surface area contributed by atoms with Crippen LogP contribution in [0.15, 0.2) is 29.3 Å². The van der Waals surface area contributed by atoms with E-state index in [4.69, 9.17) is 4.74 Å². The highest BCUT2D eigenvalue weighted by Crippen LogP contribution is 2.26. The molecule has 0 unspecified atom stereocenters. The van der Waals surface area contributed by atoms with Gasteiger partial charge in [-0.15, -0.1) is 0 Å². The number of para-hydroxylation sites is 1. The van der Waals surface area contributed by atoms with Gasteiger partial charge in [-0.3, -0.25) is 4.79 Å². The number of benzene rings is 1. The van der Waals surface area contributed by atoms with E-state index >= 15 is 0 Å². The van der Waals surface area contributed by atoms with Crippen molar-refractivity contribution in [2.45, 2.75) is 71.6 Å². The lowest BCUT2D eigenvalue weighted by Crippen LogP contribution is -2.48. The first-order valence-corrected chi connectivity index (χ1v) is 9.95. The molecular formula is C21H34N4O2. The third kappa shape index (κ3) is 7.89. The maximum absolute atomic E-state index is 12.0. The molecule has 2 rings (SSSR count). The van der Waals surface area contributed by atoms with Crippen molar-refractivity contribution in [3.8, 4) is 5.75 Å².